The molecule has 2 aliphatic rings. The van der Waals surface area contributed by atoms with Gasteiger partial charge in [-0.2, -0.15) is 15.4 Å². The highest BCUT2D eigenvalue weighted by Gasteiger charge is 2.46. The van der Waals surface area contributed by atoms with Crippen molar-refractivity contribution in [3.8, 4) is 16.9 Å². The van der Waals surface area contributed by atoms with Crippen LogP contribution in [0.15, 0.2) is 42.5 Å². The summed E-state index contributed by atoms with van der Waals surface area (Å²) in [5.41, 5.74) is 4.63. The normalized spacial score (nSPS) is 21.2. The first kappa shape index (κ1) is 17.6. The number of aromatic nitrogens is 3. The van der Waals surface area contributed by atoms with Crippen LogP contribution in [0.5, 0.6) is 5.75 Å². The summed E-state index contributed by atoms with van der Waals surface area (Å²) in [6.45, 7) is 1.96. The molecule has 0 saturated carbocycles. The van der Waals surface area contributed by atoms with Gasteiger partial charge >= 0.3 is 0 Å². The van der Waals surface area contributed by atoms with Crippen LogP contribution in [0.1, 0.15) is 24.0 Å². The second kappa shape index (κ2) is 6.55. The quantitative estimate of drug-likeness (QED) is 0.531. The van der Waals surface area contributed by atoms with Gasteiger partial charge in [-0.15, -0.1) is 0 Å². The molecule has 5 rings (SSSR count). The number of para-hydroxylation sites is 1. The molecule has 1 aromatic heterocycles. The van der Waals surface area contributed by atoms with Crippen LogP contribution in [0.3, 0.4) is 0 Å². The summed E-state index contributed by atoms with van der Waals surface area (Å²) in [5.74, 6) is -0.900. The van der Waals surface area contributed by atoms with Gasteiger partial charge in [-0.3, -0.25) is 14.5 Å². The highest BCUT2D eigenvalue weighted by atomic mass is 16.3. The van der Waals surface area contributed by atoms with Gasteiger partial charge in [0.2, 0.25) is 11.8 Å². The van der Waals surface area contributed by atoms with Crippen LogP contribution in [-0.4, -0.2) is 37.2 Å². The van der Waals surface area contributed by atoms with Crippen molar-refractivity contribution >= 4 is 22.8 Å². The van der Waals surface area contributed by atoms with Gasteiger partial charge in [-0.1, -0.05) is 30.4 Å². The van der Waals surface area contributed by atoms with Gasteiger partial charge in [-0.05, 0) is 43.0 Å². The maximum atomic E-state index is 12.8. The van der Waals surface area contributed by atoms with Crippen LogP contribution < -0.4 is 0 Å². The van der Waals surface area contributed by atoms with Gasteiger partial charge in [0.15, 0.2) is 0 Å². The molecule has 146 valence electrons. The Balaban J connectivity index is 1.56. The van der Waals surface area contributed by atoms with Crippen molar-refractivity contribution in [2.75, 3.05) is 0 Å². The minimum atomic E-state index is -0.370. The zero-order chi connectivity index (χ0) is 20.1. The summed E-state index contributed by atoms with van der Waals surface area (Å²) < 4.78 is 0. The van der Waals surface area contributed by atoms with Gasteiger partial charge in [0.05, 0.1) is 18.4 Å². The van der Waals surface area contributed by atoms with E-state index in [0.29, 0.717) is 12.0 Å². The van der Waals surface area contributed by atoms with Crippen LogP contribution in [0.4, 0.5) is 0 Å². The van der Waals surface area contributed by atoms with E-state index in [1.165, 1.54) is 4.90 Å². The van der Waals surface area contributed by atoms with E-state index >= 15 is 0 Å². The molecule has 2 unspecified atom stereocenters. The topological polar surface area (TPSA) is 99.2 Å². The van der Waals surface area contributed by atoms with Crippen LogP contribution in [-0.2, 0) is 16.1 Å². The van der Waals surface area contributed by atoms with E-state index < -0.39 is 0 Å². The lowest BCUT2D eigenvalue weighted by atomic mass is 9.86. The second-order valence-corrected chi connectivity index (χ2v) is 7.63. The molecule has 29 heavy (non-hydrogen) atoms. The number of nitrogens with zero attached hydrogens (tertiary/aromatic N) is 3. The Morgan fingerprint density at radius 2 is 2.00 bits per heavy atom. The molecule has 7 nitrogen and oxygen atoms in total. The minimum Gasteiger partial charge on any atom is -0.508 e. The lowest BCUT2D eigenvalue weighted by Crippen LogP contribution is -2.30. The number of hydrogen-bond donors (Lipinski definition) is 2. The fraction of sp³-hybridized carbons (Fsp3) is 0.273. The molecule has 1 aliphatic heterocycles. The summed E-state index contributed by atoms with van der Waals surface area (Å²) in [5, 5.41) is 21.5. The van der Waals surface area contributed by atoms with Crippen molar-refractivity contribution in [1.82, 2.24) is 20.3 Å². The number of aromatic hydroxyl groups is 1. The first-order chi connectivity index (χ1) is 14.1. The summed E-state index contributed by atoms with van der Waals surface area (Å²) in [4.78, 5) is 27.0. The number of nitrogens with one attached hydrogen (secondary N) is 1. The number of phenolic OH excluding ortho intramolecular Hbond substituents is 1. The molecule has 0 bridgehead atoms. The highest BCUT2D eigenvalue weighted by Crippen LogP contribution is 2.38. The number of rotatable bonds is 3. The number of carbonyl (C=O) groups excluding carboxylic acids is 2. The van der Waals surface area contributed by atoms with Crippen molar-refractivity contribution in [2.24, 2.45) is 11.8 Å². The van der Waals surface area contributed by atoms with Crippen molar-refractivity contribution in [2.45, 2.75) is 26.3 Å². The number of benzene rings is 2. The van der Waals surface area contributed by atoms with E-state index in [1.54, 1.807) is 6.07 Å². The average molecular weight is 388 g/mol. The van der Waals surface area contributed by atoms with Gasteiger partial charge in [0.1, 0.15) is 16.8 Å². The standard InChI is InChI=1S/C22H20N4O3/c1-12-13(14-7-4-8-18-20(14)24-25-23-18)9-10-19(27)17(12)11-26-21(28)15-5-2-3-6-16(15)22(26)29/h2,4-5,7-10,15-16,27H,3,6,11H2,1H3,(H,23,24,25). The molecule has 1 saturated heterocycles. The average Bonchev–Trinajstić information content (AvgIpc) is 3.30. The molecule has 2 amide bonds. The number of allylic oxidation sites excluding steroid dienone is 1. The van der Waals surface area contributed by atoms with Crippen LogP contribution in [0.25, 0.3) is 22.2 Å². The van der Waals surface area contributed by atoms with E-state index in [4.69, 9.17) is 0 Å². The molecule has 1 aliphatic carbocycles. The van der Waals surface area contributed by atoms with Crippen molar-refractivity contribution in [3.63, 3.8) is 0 Å². The summed E-state index contributed by atoms with van der Waals surface area (Å²) in [6, 6.07) is 9.15. The minimum absolute atomic E-state index is 0.0683. The summed E-state index contributed by atoms with van der Waals surface area (Å²) in [7, 11) is 0. The predicted octanol–water partition coefficient (Wildman–Crippen LogP) is 3.09. The largest absolute Gasteiger partial charge is 0.508 e. The number of aromatic amines is 1. The molecule has 3 aromatic rings. The summed E-state index contributed by atoms with van der Waals surface area (Å²) in [6.07, 6.45) is 5.33. The van der Waals surface area contributed by atoms with E-state index in [0.717, 1.165) is 34.1 Å². The van der Waals surface area contributed by atoms with Crippen LogP contribution in [0.2, 0.25) is 0 Å². The number of likely N-dealkylation sites (tertiary alicyclic amines) is 1. The Hall–Kier alpha value is -3.48. The Morgan fingerprint density at radius 3 is 2.83 bits per heavy atom. The Morgan fingerprint density at radius 1 is 1.14 bits per heavy atom. The Labute approximate surface area is 167 Å². The zero-order valence-corrected chi connectivity index (χ0v) is 15.9. The maximum Gasteiger partial charge on any atom is 0.237 e. The molecule has 2 heterocycles. The fourth-order valence-electron chi connectivity index (χ4n) is 4.49. The number of amides is 2. The molecule has 0 spiro atoms. The monoisotopic (exact) mass is 388 g/mol. The number of carbonyl (C=O) groups is 2. The highest BCUT2D eigenvalue weighted by molar-refractivity contribution is 6.06. The number of phenols is 1. The molecular formula is C22H20N4O3. The molecule has 0 radical (unpaired) electrons. The van der Waals surface area contributed by atoms with Crippen LogP contribution in [0, 0.1) is 18.8 Å². The van der Waals surface area contributed by atoms with E-state index in [1.807, 2.05) is 43.3 Å². The van der Waals surface area contributed by atoms with Gasteiger partial charge < -0.3 is 5.11 Å². The Kier molecular flexibility index (Phi) is 3.97. The number of H-pyrrole nitrogens is 1. The number of imide groups is 1. The lowest BCUT2D eigenvalue weighted by Gasteiger charge is -2.19. The lowest BCUT2D eigenvalue weighted by molar-refractivity contribution is -0.140. The molecule has 2 N–H and O–H groups in total. The molecular weight excluding hydrogens is 368 g/mol. The van der Waals surface area contributed by atoms with Gasteiger partial charge in [0, 0.05) is 11.1 Å². The first-order valence-electron chi connectivity index (χ1n) is 9.69. The maximum absolute atomic E-state index is 12.8. The number of hydrogen-bond acceptors (Lipinski definition) is 5. The third-order valence-corrected chi connectivity index (χ3v) is 6.08. The van der Waals surface area contributed by atoms with Crippen molar-refractivity contribution in [1.29, 1.82) is 0 Å². The van der Waals surface area contributed by atoms with Gasteiger partial charge in [-0.25, -0.2) is 0 Å². The first-order valence-corrected chi connectivity index (χ1v) is 9.69. The third-order valence-electron chi connectivity index (χ3n) is 6.08. The number of fused-ring (bicyclic) bond motifs is 2. The SMILES string of the molecule is Cc1c(-c2cccc3n[nH]nc23)ccc(O)c1CN1C(=O)C2C=CCCC2C1=O. The van der Waals surface area contributed by atoms with Crippen molar-refractivity contribution < 1.29 is 14.7 Å². The zero-order valence-electron chi connectivity index (χ0n) is 15.9. The van der Waals surface area contributed by atoms with E-state index in [2.05, 4.69) is 15.4 Å². The molecule has 2 atom stereocenters. The fourth-order valence-corrected chi connectivity index (χ4v) is 4.49. The van der Waals surface area contributed by atoms with Crippen molar-refractivity contribution in [3.05, 3.63) is 53.6 Å². The summed E-state index contributed by atoms with van der Waals surface area (Å²) >= 11 is 0. The molecule has 7 heteroatoms. The van der Waals surface area contributed by atoms with E-state index in [-0.39, 0.29) is 35.9 Å². The molecule has 1 fully saturated rings. The predicted molar refractivity (Wildman–Crippen MR) is 107 cm³/mol. The van der Waals surface area contributed by atoms with Crippen LogP contribution >= 0.6 is 0 Å². The third kappa shape index (κ3) is 2.65. The molecule has 2 aromatic carbocycles. The van der Waals surface area contributed by atoms with E-state index in [9.17, 15) is 14.7 Å². The Bertz CT molecular complexity index is 1180. The second-order valence-electron chi connectivity index (χ2n) is 7.63. The van der Waals surface area contributed by atoms with Gasteiger partial charge in [0.25, 0.3) is 0 Å². The smallest absolute Gasteiger partial charge is 0.237 e.